The number of fused-ring (bicyclic) bond motifs is 1. The maximum Gasteiger partial charge on any atom is 0.262 e. The van der Waals surface area contributed by atoms with E-state index in [1.165, 1.54) is 32.4 Å². The van der Waals surface area contributed by atoms with Crippen molar-refractivity contribution in [3.05, 3.63) is 42.0 Å². The van der Waals surface area contributed by atoms with Gasteiger partial charge in [-0.25, -0.2) is 8.42 Å². The molecule has 1 amide bonds. The smallest absolute Gasteiger partial charge is 0.262 e. The Labute approximate surface area is 146 Å². The Morgan fingerprint density at radius 3 is 2.48 bits per heavy atom. The van der Waals surface area contributed by atoms with E-state index < -0.39 is 10.0 Å². The average Bonchev–Trinajstić information content (AvgIpc) is 2.60. The minimum atomic E-state index is -3.78. The highest BCUT2D eigenvalue weighted by Crippen LogP contribution is 2.31. The van der Waals surface area contributed by atoms with Crippen LogP contribution in [0.1, 0.15) is 12.0 Å². The minimum absolute atomic E-state index is 0.0360. The van der Waals surface area contributed by atoms with Gasteiger partial charge < -0.3 is 14.8 Å². The zero-order valence-electron chi connectivity index (χ0n) is 13.8. The average molecular weight is 362 g/mol. The van der Waals surface area contributed by atoms with Crippen molar-refractivity contribution >= 4 is 27.3 Å². The molecule has 0 spiro atoms. The number of benzene rings is 2. The molecule has 0 unspecified atom stereocenters. The van der Waals surface area contributed by atoms with Crippen LogP contribution in [0.15, 0.2) is 41.3 Å². The molecule has 0 aromatic heterocycles. The number of sulfonamides is 1. The van der Waals surface area contributed by atoms with Gasteiger partial charge in [0.25, 0.3) is 10.0 Å². The number of carbonyl (C=O) groups excluding carboxylic acids is 1. The van der Waals surface area contributed by atoms with Crippen LogP contribution < -0.4 is 19.5 Å². The van der Waals surface area contributed by atoms with Crippen molar-refractivity contribution < 1.29 is 22.7 Å². The molecule has 1 aliphatic rings. The molecule has 2 aromatic rings. The van der Waals surface area contributed by atoms with E-state index in [-0.39, 0.29) is 10.8 Å². The van der Waals surface area contributed by atoms with Gasteiger partial charge in [-0.15, -0.1) is 0 Å². The molecule has 1 heterocycles. The van der Waals surface area contributed by atoms with Gasteiger partial charge in [0.15, 0.2) is 11.5 Å². The summed E-state index contributed by atoms with van der Waals surface area (Å²) in [6, 6.07) is 9.42. The molecule has 25 heavy (non-hydrogen) atoms. The first kappa shape index (κ1) is 17.1. The summed E-state index contributed by atoms with van der Waals surface area (Å²) in [5, 5.41) is 2.76. The maximum absolute atomic E-state index is 12.6. The van der Waals surface area contributed by atoms with Crippen LogP contribution in [0.25, 0.3) is 0 Å². The predicted octanol–water partition coefficient (Wildman–Crippen LogP) is 2.39. The van der Waals surface area contributed by atoms with E-state index in [2.05, 4.69) is 10.0 Å². The molecule has 0 saturated heterocycles. The van der Waals surface area contributed by atoms with Crippen molar-refractivity contribution in [2.45, 2.75) is 17.7 Å². The first-order valence-corrected chi connectivity index (χ1v) is 9.09. The topological polar surface area (TPSA) is 93.7 Å². The lowest BCUT2D eigenvalue weighted by Gasteiger charge is -2.18. The molecule has 2 N–H and O–H groups in total. The third-order valence-corrected chi connectivity index (χ3v) is 5.30. The van der Waals surface area contributed by atoms with Crippen LogP contribution in [0, 0.1) is 0 Å². The highest BCUT2D eigenvalue weighted by atomic mass is 32.2. The second kappa shape index (κ2) is 6.64. The third-order valence-electron chi connectivity index (χ3n) is 3.92. The zero-order chi connectivity index (χ0) is 18.0. The number of anilines is 2. The summed E-state index contributed by atoms with van der Waals surface area (Å²) < 4.78 is 38.0. The fourth-order valence-electron chi connectivity index (χ4n) is 2.64. The molecule has 132 valence electrons. The van der Waals surface area contributed by atoms with Crippen LogP contribution in [-0.2, 0) is 21.2 Å². The molecular weight excluding hydrogens is 344 g/mol. The number of amides is 1. The number of aryl methyl sites for hydroxylation is 1. The van der Waals surface area contributed by atoms with Crippen molar-refractivity contribution in [2.24, 2.45) is 0 Å². The Bertz CT molecular complexity index is 925. The molecule has 0 radical (unpaired) electrons. The van der Waals surface area contributed by atoms with Gasteiger partial charge in [-0.05, 0) is 42.3 Å². The number of rotatable bonds is 5. The lowest BCUT2D eigenvalue weighted by Crippen LogP contribution is -2.19. The van der Waals surface area contributed by atoms with Gasteiger partial charge in [0.05, 0.1) is 19.1 Å². The summed E-state index contributed by atoms with van der Waals surface area (Å²) in [5.74, 6) is 0.746. The molecule has 0 fully saturated rings. The van der Waals surface area contributed by atoms with Crippen molar-refractivity contribution in [1.82, 2.24) is 0 Å². The largest absolute Gasteiger partial charge is 0.493 e. The van der Waals surface area contributed by atoms with Crippen molar-refractivity contribution in [1.29, 1.82) is 0 Å². The van der Waals surface area contributed by atoms with E-state index in [0.717, 1.165) is 5.56 Å². The Hall–Kier alpha value is -2.74. The van der Waals surface area contributed by atoms with Gasteiger partial charge >= 0.3 is 0 Å². The van der Waals surface area contributed by atoms with Crippen LogP contribution in [0.4, 0.5) is 11.4 Å². The molecule has 0 saturated carbocycles. The standard InChI is InChI=1S/C17H18N2O5S/c1-23-15-7-5-13(10-16(15)24-2)25(21,22)19-12-4-6-14-11(9-12)3-8-17(20)18-14/h4-7,9-10,19H,3,8H2,1-2H3,(H,18,20). The van der Waals surface area contributed by atoms with Crippen LogP contribution in [0.3, 0.4) is 0 Å². The van der Waals surface area contributed by atoms with Crippen LogP contribution in [-0.4, -0.2) is 28.5 Å². The van der Waals surface area contributed by atoms with Gasteiger partial charge in [-0.2, -0.15) is 0 Å². The second-order valence-electron chi connectivity index (χ2n) is 5.54. The molecular formula is C17H18N2O5S. The summed E-state index contributed by atoms with van der Waals surface area (Å²) in [6.07, 6.45) is 0.964. The number of methoxy groups -OCH3 is 2. The zero-order valence-corrected chi connectivity index (χ0v) is 14.6. The fourth-order valence-corrected chi connectivity index (χ4v) is 3.71. The van der Waals surface area contributed by atoms with E-state index in [1.54, 1.807) is 18.2 Å². The Balaban J connectivity index is 1.88. The van der Waals surface area contributed by atoms with Crippen LogP contribution >= 0.6 is 0 Å². The lowest BCUT2D eigenvalue weighted by molar-refractivity contribution is -0.116. The first-order chi connectivity index (χ1) is 11.9. The van der Waals surface area contributed by atoms with E-state index >= 15 is 0 Å². The van der Waals surface area contributed by atoms with Crippen LogP contribution in [0.2, 0.25) is 0 Å². The normalized spacial score (nSPS) is 13.6. The molecule has 1 aliphatic heterocycles. The SMILES string of the molecule is COc1ccc(S(=O)(=O)Nc2ccc3c(c2)CCC(=O)N3)cc1OC. The van der Waals surface area contributed by atoms with Gasteiger partial charge in [-0.3, -0.25) is 9.52 Å². The number of carbonyl (C=O) groups is 1. The quantitative estimate of drug-likeness (QED) is 0.852. The van der Waals surface area contributed by atoms with Crippen LogP contribution in [0.5, 0.6) is 11.5 Å². The fraction of sp³-hybridized carbons (Fsp3) is 0.235. The number of ether oxygens (including phenoxy) is 2. The summed E-state index contributed by atoms with van der Waals surface area (Å²) in [6.45, 7) is 0. The maximum atomic E-state index is 12.6. The first-order valence-electron chi connectivity index (χ1n) is 7.60. The summed E-state index contributed by atoms with van der Waals surface area (Å²) >= 11 is 0. The number of nitrogens with one attached hydrogen (secondary N) is 2. The number of hydrogen-bond donors (Lipinski definition) is 2. The van der Waals surface area contributed by atoms with E-state index in [9.17, 15) is 13.2 Å². The van der Waals surface area contributed by atoms with Gasteiger partial charge in [0.1, 0.15) is 0 Å². The lowest BCUT2D eigenvalue weighted by atomic mass is 10.0. The van der Waals surface area contributed by atoms with E-state index in [4.69, 9.17) is 9.47 Å². The van der Waals surface area contributed by atoms with Crippen molar-refractivity contribution in [3.63, 3.8) is 0 Å². The van der Waals surface area contributed by atoms with E-state index in [1.807, 2.05) is 0 Å². The van der Waals surface area contributed by atoms with Crippen molar-refractivity contribution in [2.75, 3.05) is 24.3 Å². The van der Waals surface area contributed by atoms with Crippen molar-refractivity contribution in [3.8, 4) is 11.5 Å². The van der Waals surface area contributed by atoms with Gasteiger partial charge in [0, 0.05) is 23.9 Å². The molecule has 0 bridgehead atoms. The van der Waals surface area contributed by atoms with Gasteiger partial charge in [0.2, 0.25) is 5.91 Å². The second-order valence-corrected chi connectivity index (χ2v) is 7.22. The summed E-state index contributed by atoms with van der Waals surface area (Å²) in [5.41, 5.74) is 2.04. The summed E-state index contributed by atoms with van der Waals surface area (Å²) in [4.78, 5) is 11.5. The molecule has 0 atom stereocenters. The molecule has 7 nitrogen and oxygen atoms in total. The van der Waals surface area contributed by atoms with E-state index in [0.29, 0.717) is 35.7 Å². The molecule has 8 heteroatoms. The number of hydrogen-bond acceptors (Lipinski definition) is 5. The molecule has 3 rings (SSSR count). The summed E-state index contributed by atoms with van der Waals surface area (Å²) in [7, 11) is -0.855. The predicted molar refractivity (Wildman–Crippen MR) is 93.7 cm³/mol. The highest BCUT2D eigenvalue weighted by molar-refractivity contribution is 7.92. The highest BCUT2D eigenvalue weighted by Gasteiger charge is 2.19. The third kappa shape index (κ3) is 3.53. The Morgan fingerprint density at radius 1 is 1.00 bits per heavy atom. The monoisotopic (exact) mass is 362 g/mol. The minimum Gasteiger partial charge on any atom is -0.493 e. The molecule has 2 aromatic carbocycles. The Kier molecular flexibility index (Phi) is 4.54. The Morgan fingerprint density at radius 2 is 1.76 bits per heavy atom. The van der Waals surface area contributed by atoms with Gasteiger partial charge in [-0.1, -0.05) is 0 Å². The molecule has 0 aliphatic carbocycles.